The summed E-state index contributed by atoms with van der Waals surface area (Å²) in [5, 5.41) is 2.87. The lowest BCUT2D eigenvalue weighted by molar-refractivity contribution is 0.0641. The highest BCUT2D eigenvalue weighted by Crippen LogP contribution is 2.31. The number of aromatic amines is 3. The quantitative estimate of drug-likeness (QED) is 0.329. The fraction of sp³-hybridized carbons (Fsp3) is 0.182. The number of rotatable bonds is 3. The number of imidazole rings is 2. The fourth-order valence-electron chi connectivity index (χ4n) is 4.40. The van der Waals surface area contributed by atoms with E-state index < -0.39 is 0 Å². The Morgan fingerprint density at radius 2 is 2.06 bits per heavy atom. The third-order valence-electron chi connectivity index (χ3n) is 6.03. The average molecular weight is 462 g/mol. The van der Waals surface area contributed by atoms with Crippen molar-refractivity contribution in [1.29, 1.82) is 0 Å². The van der Waals surface area contributed by atoms with Crippen LogP contribution < -0.4 is 11.0 Å². The highest BCUT2D eigenvalue weighted by Gasteiger charge is 2.33. The number of amides is 2. The number of carbonyl (C=O) groups is 2. The van der Waals surface area contributed by atoms with Gasteiger partial charge in [0.25, 0.3) is 11.8 Å². The normalized spacial score (nSPS) is 15.8. The number of H-pyrrole nitrogens is 3. The Bertz CT molecular complexity index is 1570. The van der Waals surface area contributed by atoms with Gasteiger partial charge in [-0.25, -0.2) is 9.78 Å². The highest BCUT2D eigenvalue weighted by molar-refractivity contribution is 7.20. The van der Waals surface area contributed by atoms with E-state index in [-0.39, 0.29) is 23.5 Å². The van der Waals surface area contributed by atoms with Crippen LogP contribution in [-0.2, 0) is 6.54 Å². The first-order valence-corrected chi connectivity index (χ1v) is 11.3. The first kappa shape index (κ1) is 19.6. The molecule has 0 radical (unpaired) electrons. The number of hydrogen-bond donors (Lipinski definition) is 4. The van der Waals surface area contributed by atoms with E-state index in [1.54, 1.807) is 23.1 Å². The van der Waals surface area contributed by atoms with Gasteiger partial charge >= 0.3 is 5.69 Å². The molecule has 0 fully saturated rings. The lowest BCUT2D eigenvalue weighted by Crippen LogP contribution is -2.41. The zero-order valence-corrected chi connectivity index (χ0v) is 18.3. The number of anilines is 1. The van der Waals surface area contributed by atoms with Gasteiger partial charge in [0.1, 0.15) is 11.5 Å². The fourth-order valence-corrected chi connectivity index (χ4v) is 5.38. The molecule has 33 heavy (non-hydrogen) atoms. The van der Waals surface area contributed by atoms with E-state index in [4.69, 9.17) is 0 Å². The molecular formula is C22H19N7O3S. The Labute approximate surface area is 190 Å². The second-order valence-electron chi connectivity index (χ2n) is 7.96. The molecule has 0 saturated heterocycles. The number of nitrogens with one attached hydrogen (secondary N) is 4. The van der Waals surface area contributed by atoms with Crippen LogP contribution in [0.5, 0.6) is 0 Å². The van der Waals surface area contributed by atoms with Gasteiger partial charge in [0, 0.05) is 19.3 Å². The molecule has 166 valence electrons. The van der Waals surface area contributed by atoms with Gasteiger partial charge in [-0.2, -0.15) is 0 Å². The maximum atomic E-state index is 13.2. The highest BCUT2D eigenvalue weighted by atomic mass is 32.1. The first-order chi connectivity index (χ1) is 16.0. The monoisotopic (exact) mass is 461 g/mol. The molecule has 0 saturated carbocycles. The Morgan fingerprint density at radius 1 is 1.18 bits per heavy atom. The van der Waals surface area contributed by atoms with Gasteiger partial charge in [0.15, 0.2) is 0 Å². The summed E-state index contributed by atoms with van der Waals surface area (Å²) in [5.41, 5.74) is 2.67. The van der Waals surface area contributed by atoms with Gasteiger partial charge in [-0.3, -0.25) is 9.59 Å². The second kappa shape index (κ2) is 7.20. The van der Waals surface area contributed by atoms with Crippen molar-refractivity contribution in [2.24, 2.45) is 0 Å². The van der Waals surface area contributed by atoms with Crippen molar-refractivity contribution in [3.05, 3.63) is 69.6 Å². The average Bonchev–Trinajstić information content (AvgIpc) is 3.55. The summed E-state index contributed by atoms with van der Waals surface area (Å²) in [6.07, 6.45) is 3.39. The summed E-state index contributed by atoms with van der Waals surface area (Å²) in [6.45, 7) is 2.85. The van der Waals surface area contributed by atoms with Crippen LogP contribution in [0.15, 0.2) is 47.5 Å². The minimum absolute atomic E-state index is 0.0413. The van der Waals surface area contributed by atoms with Crippen molar-refractivity contribution >= 4 is 50.1 Å². The molecule has 1 aromatic carbocycles. The molecule has 2 amide bonds. The van der Waals surface area contributed by atoms with Crippen LogP contribution >= 0.6 is 11.3 Å². The predicted octanol–water partition coefficient (Wildman–Crippen LogP) is 3.06. The van der Waals surface area contributed by atoms with Gasteiger partial charge in [-0.1, -0.05) is 6.07 Å². The Morgan fingerprint density at radius 3 is 2.91 bits per heavy atom. The van der Waals surface area contributed by atoms with Crippen LogP contribution in [0.25, 0.3) is 21.3 Å². The number of carbonyl (C=O) groups excluding carboxylic acids is 2. The summed E-state index contributed by atoms with van der Waals surface area (Å²) in [5.74, 6) is 0.290. The first-order valence-electron chi connectivity index (χ1n) is 10.5. The maximum Gasteiger partial charge on any atom is 0.323 e. The van der Waals surface area contributed by atoms with Crippen LogP contribution in [0.3, 0.4) is 0 Å². The molecule has 5 heterocycles. The van der Waals surface area contributed by atoms with Gasteiger partial charge < -0.3 is 29.7 Å². The number of nitrogens with zero attached hydrogens (tertiary/aromatic N) is 3. The summed E-state index contributed by atoms with van der Waals surface area (Å²) in [7, 11) is 0. The van der Waals surface area contributed by atoms with E-state index in [2.05, 4.69) is 25.3 Å². The van der Waals surface area contributed by atoms with Crippen molar-refractivity contribution in [2.45, 2.75) is 19.5 Å². The standard InChI is InChI=1S/C22H19N7O3S/c1-11-19-24-10-15(20(30)25-12-3-2-4-13-18(12)27-22(32)26-13)29(19)8-7-28(11)21(31)17-9-14-16(33-17)5-6-23-14/h2-6,9-11,23H,7-8H2,1H3,(H,25,30)(H2,26,27,32). The van der Waals surface area contributed by atoms with Gasteiger partial charge in [-0.05, 0) is 31.2 Å². The van der Waals surface area contributed by atoms with Crippen LogP contribution in [0.1, 0.15) is 39.0 Å². The van der Waals surface area contributed by atoms with Crippen molar-refractivity contribution in [3.63, 3.8) is 0 Å². The molecule has 4 N–H and O–H groups in total. The van der Waals surface area contributed by atoms with Crippen LogP contribution in [0.4, 0.5) is 5.69 Å². The third kappa shape index (κ3) is 3.08. The molecule has 0 bridgehead atoms. The van der Waals surface area contributed by atoms with E-state index in [0.29, 0.717) is 46.2 Å². The number of aromatic nitrogens is 5. The Hall–Kier alpha value is -4.12. The Kier molecular flexibility index (Phi) is 4.27. The summed E-state index contributed by atoms with van der Waals surface area (Å²) < 4.78 is 2.89. The van der Waals surface area contributed by atoms with Crippen molar-refractivity contribution in [3.8, 4) is 0 Å². The minimum Gasteiger partial charge on any atom is -0.360 e. The smallest absolute Gasteiger partial charge is 0.323 e. The molecule has 11 heteroatoms. The maximum absolute atomic E-state index is 13.2. The van der Waals surface area contributed by atoms with Gasteiger partial charge in [0.05, 0.1) is 44.1 Å². The number of fused-ring (bicyclic) bond motifs is 3. The number of thiophene rings is 1. The molecule has 0 aliphatic carbocycles. The van der Waals surface area contributed by atoms with E-state index >= 15 is 0 Å². The van der Waals surface area contributed by atoms with Crippen LogP contribution in [0.2, 0.25) is 0 Å². The zero-order valence-electron chi connectivity index (χ0n) is 17.5. The van der Waals surface area contributed by atoms with E-state index in [0.717, 1.165) is 10.2 Å². The number of para-hydroxylation sites is 1. The number of benzene rings is 1. The summed E-state index contributed by atoms with van der Waals surface area (Å²) in [4.78, 5) is 53.3. The molecule has 0 spiro atoms. The molecule has 6 rings (SSSR count). The van der Waals surface area contributed by atoms with E-state index in [1.807, 2.05) is 29.8 Å². The van der Waals surface area contributed by atoms with Gasteiger partial charge in [0.2, 0.25) is 0 Å². The number of hydrogen-bond acceptors (Lipinski definition) is 5. The van der Waals surface area contributed by atoms with Crippen molar-refractivity contribution in [2.75, 3.05) is 11.9 Å². The molecule has 10 nitrogen and oxygen atoms in total. The molecule has 1 aliphatic heterocycles. The molecule has 1 atom stereocenters. The van der Waals surface area contributed by atoms with E-state index in [1.165, 1.54) is 17.5 Å². The van der Waals surface area contributed by atoms with Crippen LogP contribution in [0, 0.1) is 0 Å². The topological polar surface area (TPSA) is 132 Å². The SMILES string of the molecule is CC1c2ncc(C(=O)Nc3cccc4[nH]c(=O)[nH]c34)n2CCN1C(=O)c1cc2[nH]ccc2s1. The van der Waals surface area contributed by atoms with Gasteiger partial charge in [-0.15, -0.1) is 11.3 Å². The minimum atomic E-state index is -0.338. The predicted molar refractivity (Wildman–Crippen MR) is 125 cm³/mol. The third-order valence-corrected chi connectivity index (χ3v) is 7.12. The summed E-state index contributed by atoms with van der Waals surface area (Å²) in [6, 6.07) is 8.79. The van der Waals surface area contributed by atoms with Crippen molar-refractivity contribution in [1.82, 2.24) is 29.4 Å². The molecule has 1 aliphatic rings. The molecule has 4 aromatic heterocycles. The van der Waals surface area contributed by atoms with Crippen LogP contribution in [-0.4, -0.2) is 47.8 Å². The lowest BCUT2D eigenvalue weighted by Gasteiger charge is -2.34. The van der Waals surface area contributed by atoms with Crippen molar-refractivity contribution < 1.29 is 9.59 Å². The molecule has 5 aromatic rings. The molecular weight excluding hydrogens is 442 g/mol. The lowest BCUT2D eigenvalue weighted by atomic mass is 10.2. The second-order valence-corrected chi connectivity index (χ2v) is 9.04. The summed E-state index contributed by atoms with van der Waals surface area (Å²) >= 11 is 1.46. The molecule has 1 unspecified atom stereocenters. The largest absolute Gasteiger partial charge is 0.360 e. The Balaban J connectivity index is 1.26. The van der Waals surface area contributed by atoms with E-state index in [9.17, 15) is 14.4 Å². The zero-order chi connectivity index (χ0) is 22.7.